The SMILES string of the molecule is COc1c(C(=O)c2cccc(F)c2Cl)ccc(C)c1C. The van der Waals surface area contributed by atoms with Crippen molar-refractivity contribution in [2.45, 2.75) is 13.8 Å². The molecule has 4 heteroatoms. The molecule has 20 heavy (non-hydrogen) atoms. The largest absolute Gasteiger partial charge is 0.496 e. The van der Waals surface area contributed by atoms with E-state index in [-0.39, 0.29) is 16.4 Å². The molecule has 0 heterocycles. The van der Waals surface area contributed by atoms with Gasteiger partial charge in [0.1, 0.15) is 11.6 Å². The number of ether oxygens (including phenoxy) is 1. The van der Waals surface area contributed by atoms with E-state index >= 15 is 0 Å². The number of carbonyl (C=O) groups excluding carboxylic acids is 1. The fourth-order valence-electron chi connectivity index (χ4n) is 2.06. The van der Waals surface area contributed by atoms with Crippen LogP contribution in [0.15, 0.2) is 30.3 Å². The van der Waals surface area contributed by atoms with Crippen molar-refractivity contribution in [1.29, 1.82) is 0 Å². The van der Waals surface area contributed by atoms with E-state index in [4.69, 9.17) is 16.3 Å². The highest BCUT2D eigenvalue weighted by Gasteiger charge is 2.20. The van der Waals surface area contributed by atoms with Crippen molar-refractivity contribution in [1.82, 2.24) is 0 Å². The van der Waals surface area contributed by atoms with Crippen molar-refractivity contribution in [2.75, 3.05) is 7.11 Å². The Morgan fingerprint density at radius 1 is 1.15 bits per heavy atom. The van der Waals surface area contributed by atoms with Gasteiger partial charge in [-0.15, -0.1) is 0 Å². The number of hydrogen-bond acceptors (Lipinski definition) is 2. The summed E-state index contributed by atoms with van der Waals surface area (Å²) in [6, 6.07) is 7.68. The summed E-state index contributed by atoms with van der Waals surface area (Å²) in [4.78, 5) is 12.5. The van der Waals surface area contributed by atoms with Crippen LogP contribution >= 0.6 is 11.6 Å². The van der Waals surface area contributed by atoms with Crippen LogP contribution in [0.3, 0.4) is 0 Å². The van der Waals surface area contributed by atoms with Gasteiger partial charge < -0.3 is 4.74 Å². The van der Waals surface area contributed by atoms with Crippen molar-refractivity contribution < 1.29 is 13.9 Å². The van der Waals surface area contributed by atoms with E-state index < -0.39 is 5.82 Å². The third kappa shape index (κ3) is 2.41. The summed E-state index contributed by atoms with van der Waals surface area (Å²) in [6.45, 7) is 3.80. The molecule has 0 spiro atoms. The molecule has 0 amide bonds. The quantitative estimate of drug-likeness (QED) is 0.787. The standard InChI is InChI=1S/C16H14ClFO2/c1-9-7-8-12(16(20-3)10(9)2)15(19)11-5-4-6-13(18)14(11)17/h4-8H,1-3H3. The molecule has 0 unspecified atom stereocenters. The monoisotopic (exact) mass is 292 g/mol. The van der Waals surface area contributed by atoms with Gasteiger partial charge in [-0.25, -0.2) is 4.39 Å². The molecule has 0 bridgehead atoms. The Hall–Kier alpha value is -1.87. The Morgan fingerprint density at radius 3 is 2.50 bits per heavy atom. The molecule has 2 aromatic carbocycles. The molecule has 0 aliphatic heterocycles. The number of benzene rings is 2. The van der Waals surface area contributed by atoms with Gasteiger partial charge in [-0.1, -0.05) is 23.7 Å². The Morgan fingerprint density at radius 2 is 1.85 bits per heavy atom. The van der Waals surface area contributed by atoms with E-state index in [1.807, 2.05) is 19.9 Å². The third-order valence-corrected chi connectivity index (χ3v) is 3.71. The first kappa shape index (κ1) is 14.5. The lowest BCUT2D eigenvalue weighted by Crippen LogP contribution is -2.07. The minimum absolute atomic E-state index is 0.133. The zero-order valence-corrected chi connectivity index (χ0v) is 12.2. The fourth-order valence-corrected chi connectivity index (χ4v) is 2.27. The zero-order valence-electron chi connectivity index (χ0n) is 11.5. The van der Waals surface area contributed by atoms with E-state index in [0.717, 1.165) is 11.1 Å². The van der Waals surface area contributed by atoms with Crippen LogP contribution in [-0.4, -0.2) is 12.9 Å². The van der Waals surface area contributed by atoms with E-state index in [1.54, 1.807) is 6.07 Å². The van der Waals surface area contributed by atoms with Gasteiger partial charge >= 0.3 is 0 Å². The van der Waals surface area contributed by atoms with Crippen LogP contribution in [0.4, 0.5) is 4.39 Å². The molecule has 0 radical (unpaired) electrons. The summed E-state index contributed by atoms with van der Waals surface area (Å²) >= 11 is 5.87. The van der Waals surface area contributed by atoms with Crippen molar-refractivity contribution >= 4 is 17.4 Å². The summed E-state index contributed by atoms with van der Waals surface area (Å²) < 4.78 is 18.8. The minimum atomic E-state index is -0.611. The Kier molecular flexibility index (Phi) is 4.09. The molecule has 2 rings (SSSR count). The van der Waals surface area contributed by atoms with E-state index in [1.165, 1.54) is 25.3 Å². The molecule has 0 atom stereocenters. The van der Waals surface area contributed by atoms with Crippen LogP contribution in [0.1, 0.15) is 27.0 Å². The summed E-state index contributed by atoms with van der Waals surface area (Å²) in [5.74, 6) is -0.468. The molecule has 0 fully saturated rings. The predicted octanol–water partition coefficient (Wildman–Crippen LogP) is 4.34. The first-order valence-electron chi connectivity index (χ1n) is 6.10. The van der Waals surface area contributed by atoms with Crippen LogP contribution in [0.5, 0.6) is 5.75 Å². The number of ketones is 1. The molecule has 0 saturated carbocycles. The minimum Gasteiger partial charge on any atom is -0.496 e. The lowest BCUT2D eigenvalue weighted by molar-refractivity contribution is 0.103. The highest BCUT2D eigenvalue weighted by Crippen LogP contribution is 2.30. The Labute approximate surface area is 122 Å². The van der Waals surface area contributed by atoms with Gasteiger partial charge in [-0.3, -0.25) is 4.79 Å². The Bertz CT molecular complexity index is 680. The van der Waals surface area contributed by atoms with Gasteiger partial charge in [0.2, 0.25) is 0 Å². The Balaban J connectivity index is 2.60. The smallest absolute Gasteiger partial charge is 0.198 e. The second-order valence-corrected chi connectivity index (χ2v) is 4.90. The van der Waals surface area contributed by atoms with Crippen LogP contribution in [0.2, 0.25) is 5.02 Å². The lowest BCUT2D eigenvalue weighted by atomic mass is 9.97. The maximum absolute atomic E-state index is 13.5. The van der Waals surface area contributed by atoms with Crippen molar-refractivity contribution in [3.8, 4) is 5.75 Å². The average molecular weight is 293 g/mol. The number of rotatable bonds is 3. The van der Waals surface area contributed by atoms with Crippen molar-refractivity contribution in [2.24, 2.45) is 0 Å². The summed E-state index contributed by atoms with van der Waals surface area (Å²) in [5.41, 5.74) is 2.41. The molecule has 0 saturated heterocycles. The molecular formula is C16H14ClFO2. The number of aryl methyl sites for hydroxylation is 1. The molecule has 0 aliphatic carbocycles. The second-order valence-electron chi connectivity index (χ2n) is 4.52. The van der Waals surface area contributed by atoms with Gasteiger partial charge in [0.25, 0.3) is 0 Å². The number of halogens is 2. The average Bonchev–Trinajstić information content (AvgIpc) is 2.44. The number of methoxy groups -OCH3 is 1. The fraction of sp³-hybridized carbons (Fsp3) is 0.188. The van der Waals surface area contributed by atoms with E-state index in [9.17, 15) is 9.18 Å². The molecule has 104 valence electrons. The first-order valence-corrected chi connectivity index (χ1v) is 6.48. The van der Waals surface area contributed by atoms with Crippen molar-refractivity contribution in [3.63, 3.8) is 0 Å². The number of hydrogen-bond donors (Lipinski definition) is 0. The molecule has 0 aromatic heterocycles. The molecule has 0 aliphatic rings. The third-order valence-electron chi connectivity index (χ3n) is 3.32. The van der Waals surface area contributed by atoms with E-state index in [0.29, 0.717) is 11.3 Å². The summed E-state index contributed by atoms with van der Waals surface area (Å²) in [7, 11) is 1.51. The summed E-state index contributed by atoms with van der Waals surface area (Å²) in [5, 5.41) is -0.169. The molecule has 2 nitrogen and oxygen atoms in total. The van der Waals surface area contributed by atoms with Gasteiger partial charge in [0.05, 0.1) is 17.7 Å². The predicted molar refractivity (Wildman–Crippen MR) is 77.3 cm³/mol. The maximum Gasteiger partial charge on any atom is 0.198 e. The normalized spacial score (nSPS) is 10.4. The number of carbonyl (C=O) groups is 1. The summed E-state index contributed by atoms with van der Waals surface area (Å²) in [6.07, 6.45) is 0. The highest BCUT2D eigenvalue weighted by atomic mass is 35.5. The second kappa shape index (κ2) is 5.63. The van der Waals surface area contributed by atoms with Crippen LogP contribution in [-0.2, 0) is 0 Å². The van der Waals surface area contributed by atoms with Gasteiger partial charge in [-0.2, -0.15) is 0 Å². The lowest BCUT2D eigenvalue weighted by Gasteiger charge is -2.13. The topological polar surface area (TPSA) is 26.3 Å². The first-order chi connectivity index (χ1) is 9.47. The maximum atomic E-state index is 13.5. The van der Waals surface area contributed by atoms with Gasteiger partial charge in [0, 0.05) is 5.56 Å². The van der Waals surface area contributed by atoms with Gasteiger partial charge in [-0.05, 0) is 43.2 Å². The van der Waals surface area contributed by atoms with Crippen molar-refractivity contribution in [3.05, 3.63) is 63.4 Å². The van der Waals surface area contributed by atoms with Gasteiger partial charge in [0.15, 0.2) is 5.78 Å². The van der Waals surface area contributed by atoms with E-state index in [2.05, 4.69) is 0 Å². The zero-order chi connectivity index (χ0) is 14.9. The van der Waals surface area contributed by atoms with Crippen LogP contribution < -0.4 is 4.74 Å². The van der Waals surface area contributed by atoms with Crippen LogP contribution in [0.25, 0.3) is 0 Å². The highest BCUT2D eigenvalue weighted by molar-refractivity contribution is 6.35. The molecule has 2 aromatic rings. The molecule has 0 N–H and O–H groups in total. The van der Waals surface area contributed by atoms with Crippen LogP contribution in [0, 0.1) is 19.7 Å². The molecular weight excluding hydrogens is 279 g/mol.